The van der Waals surface area contributed by atoms with E-state index in [1.807, 2.05) is 75.4 Å². The highest BCUT2D eigenvalue weighted by molar-refractivity contribution is 6.37. The Hall–Kier alpha value is -4.43. The number of esters is 1. The average molecular weight is 513 g/mol. The molecule has 0 aromatic heterocycles. The van der Waals surface area contributed by atoms with Gasteiger partial charge in [-0.3, -0.25) is 14.4 Å². The molecular formula is C30H32N4O4. The van der Waals surface area contributed by atoms with Crippen LogP contribution in [0.1, 0.15) is 54.2 Å². The van der Waals surface area contributed by atoms with Crippen molar-refractivity contribution in [3.05, 3.63) is 95.1 Å². The second-order valence-electron chi connectivity index (χ2n) is 10.0. The molecule has 3 aromatic rings. The summed E-state index contributed by atoms with van der Waals surface area (Å²) in [4.78, 5) is 36.6. The highest BCUT2D eigenvalue weighted by Gasteiger charge is 2.29. The molecule has 8 heteroatoms. The van der Waals surface area contributed by atoms with Gasteiger partial charge in [0.15, 0.2) is 0 Å². The first kappa shape index (κ1) is 26.6. The molecule has 3 aromatic carbocycles. The number of nitrogens with one attached hydrogen (secondary N) is 3. The van der Waals surface area contributed by atoms with E-state index in [2.05, 4.69) is 16.0 Å². The molecule has 0 saturated carbocycles. The van der Waals surface area contributed by atoms with E-state index in [4.69, 9.17) is 10.5 Å². The van der Waals surface area contributed by atoms with Crippen LogP contribution in [-0.4, -0.2) is 29.9 Å². The second kappa shape index (κ2) is 11.3. The summed E-state index contributed by atoms with van der Waals surface area (Å²) in [5.74, 6) is -1.05. The van der Waals surface area contributed by atoms with Crippen LogP contribution < -0.4 is 21.7 Å². The molecule has 0 bridgehead atoms. The maximum Gasteiger partial charge on any atom is 0.307 e. The lowest BCUT2D eigenvalue weighted by molar-refractivity contribution is -0.154. The van der Waals surface area contributed by atoms with E-state index in [9.17, 15) is 14.4 Å². The standard InChI is InChI=1S/C30H32N4O4/c1-30(2,3)38-25(35)15-16-32-18-19-9-12-22(13-10-19)33-27(20-7-5-4-6-8-20)26-23-14-11-21(28(31)36)17-24(23)34-29(26)37/h4-14,17,32-33H,15-16,18H2,1-3H3,(H2,31,36)(H,34,37)/b27-26-. The predicted octanol–water partition coefficient (Wildman–Crippen LogP) is 4.54. The summed E-state index contributed by atoms with van der Waals surface area (Å²) in [5.41, 5.74) is 10.3. The summed E-state index contributed by atoms with van der Waals surface area (Å²) < 4.78 is 5.33. The number of carbonyl (C=O) groups excluding carboxylic acids is 3. The number of primary amides is 1. The van der Waals surface area contributed by atoms with Gasteiger partial charge in [-0.15, -0.1) is 0 Å². The van der Waals surface area contributed by atoms with Gasteiger partial charge >= 0.3 is 5.97 Å². The van der Waals surface area contributed by atoms with E-state index >= 15 is 0 Å². The first-order chi connectivity index (χ1) is 18.1. The molecule has 1 aliphatic rings. The van der Waals surface area contributed by atoms with Crippen LogP contribution in [-0.2, 0) is 20.9 Å². The number of hydrogen-bond acceptors (Lipinski definition) is 6. The predicted molar refractivity (Wildman–Crippen MR) is 149 cm³/mol. The fraction of sp³-hybridized carbons (Fsp3) is 0.233. The molecule has 38 heavy (non-hydrogen) atoms. The number of nitrogens with two attached hydrogens (primary N) is 1. The Morgan fingerprint density at radius 2 is 1.66 bits per heavy atom. The molecule has 196 valence electrons. The minimum absolute atomic E-state index is 0.227. The van der Waals surface area contributed by atoms with E-state index < -0.39 is 11.5 Å². The van der Waals surface area contributed by atoms with Crippen molar-refractivity contribution in [2.45, 2.75) is 39.3 Å². The van der Waals surface area contributed by atoms with Crippen LogP contribution >= 0.6 is 0 Å². The van der Waals surface area contributed by atoms with Crippen LogP contribution in [0.5, 0.6) is 0 Å². The fourth-order valence-corrected chi connectivity index (χ4v) is 4.12. The third-order valence-electron chi connectivity index (χ3n) is 5.84. The molecule has 0 atom stereocenters. The van der Waals surface area contributed by atoms with Gasteiger partial charge in [0.1, 0.15) is 5.60 Å². The van der Waals surface area contributed by atoms with Gasteiger partial charge in [0.05, 0.1) is 17.7 Å². The normalized spacial score (nSPS) is 13.9. The molecule has 4 rings (SSSR count). The molecule has 0 spiro atoms. The van der Waals surface area contributed by atoms with E-state index in [0.29, 0.717) is 47.6 Å². The number of hydrogen-bond donors (Lipinski definition) is 4. The minimum Gasteiger partial charge on any atom is -0.460 e. The van der Waals surface area contributed by atoms with Gasteiger partial charge in [0, 0.05) is 35.6 Å². The van der Waals surface area contributed by atoms with Crippen molar-refractivity contribution in [2.75, 3.05) is 17.2 Å². The van der Waals surface area contributed by atoms with Gasteiger partial charge in [0.25, 0.3) is 5.91 Å². The average Bonchev–Trinajstić information content (AvgIpc) is 3.20. The van der Waals surface area contributed by atoms with Crippen molar-refractivity contribution in [3.63, 3.8) is 0 Å². The Morgan fingerprint density at radius 1 is 0.947 bits per heavy atom. The third kappa shape index (κ3) is 6.66. The summed E-state index contributed by atoms with van der Waals surface area (Å²) in [5, 5.41) is 9.54. The molecule has 1 aliphatic heterocycles. The van der Waals surface area contributed by atoms with Gasteiger partial charge in [-0.1, -0.05) is 48.5 Å². The van der Waals surface area contributed by atoms with Crippen molar-refractivity contribution < 1.29 is 19.1 Å². The lowest BCUT2D eigenvalue weighted by atomic mass is 9.99. The number of amides is 2. The molecule has 0 unspecified atom stereocenters. The second-order valence-corrected chi connectivity index (χ2v) is 10.0. The summed E-state index contributed by atoms with van der Waals surface area (Å²) in [6, 6.07) is 22.4. The molecule has 5 N–H and O–H groups in total. The Morgan fingerprint density at radius 3 is 2.32 bits per heavy atom. The van der Waals surface area contributed by atoms with Gasteiger partial charge < -0.3 is 26.4 Å². The van der Waals surface area contributed by atoms with E-state index in [-0.39, 0.29) is 11.9 Å². The zero-order valence-corrected chi connectivity index (χ0v) is 21.8. The smallest absolute Gasteiger partial charge is 0.307 e. The molecule has 0 radical (unpaired) electrons. The Kier molecular flexibility index (Phi) is 7.93. The largest absolute Gasteiger partial charge is 0.460 e. The summed E-state index contributed by atoms with van der Waals surface area (Å²) in [7, 11) is 0. The SMILES string of the molecule is CC(C)(C)OC(=O)CCNCc1ccc(N/C(=C2\C(=O)Nc3cc(C(N)=O)ccc32)c2ccccc2)cc1. The van der Waals surface area contributed by atoms with Gasteiger partial charge in [-0.25, -0.2) is 0 Å². The number of carbonyl (C=O) groups is 3. The van der Waals surface area contributed by atoms with Crippen molar-refractivity contribution in [3.8, 4) is 0 Å². The molecule has 2 amide bonds. The molecule has 8 nitrogen and oxygen atoms in total. The van der Waals surface area contributed by atoms with E-state index in [0.717, 1.165) is 16.8 Å². The monoisotopic (exact) mass is 512 g/mol. The van der Waals surface area contributed by atoms with Gasteiger partial charge in [0.2, 0.25) is 5.91 Å². The van der Waals surface area contributed by atoms with Crippen molar-refractivity contribution in [2.24, 2.45) is 5.73 Å². The highest BCUT2D eigenvalue weighted by Crippen LogP contribution is 2.38. The first-order valence-electron chi connectivity index (χ1n) is 12.4. The number of anilines is 2. The van der Waals surface area contributed by atoms with Crippen LogP contribution in [0.4, 0.5) is 11.4 Å². The van der Waals surface area contributed by atoms with Crippen molar-refractivity contribution >= 4 is 40.4 Å². The zero-order valence-electron chi connectivity index (χ0n) is 21.8. The number of fused-ring (bicyclic) bond motifs is 1. The first-order valence-corrected chi connectivity index (χ1v) is 12.4. The minimum atomic E-state index is -0.555. The van der Waals surface area contributed by atoms with Gasteiger partial charge in [-0.2, -0.15) is 0 Å². The molecule has 0 saturated heterocycles. The van der Waals surface area contributed by atoms with Crippen LogP contribution in [0.25, 0.3) is 11.3 Å². The summed E-state index contributed by atoms with van der Waals surface area (Å²) in [6.45, 7) is 6.68. The van der Waals surface area contributed by atoms with Crippen molar-refractivity contribution in [1.29, 1.82) is 0 Å². The Bertz CT molecular complexity index is 1370. The molecule has 1 heterocycles. The topological polar surface area (TPSA) is 123 Å². The van der Waals surface area contributed by atoms with Crippen LogP contribution in [0.2, 0.25) is 0 Å². The number of ether oxygens (including phenoxy) is 1. The summed E-state index contributed by atoms with van der Waals surface area (Å²) >= 11 is 0. The molecule has 0 aliphatic carbocycles. The lowest BCUT2D eigenvalue weighted by Gasteiger charge is -2.19. The summed E-state index contributed by atoms with van der Waals surface area (Å²) in [6.07, 6.45) is 0.301. The van der Waals surface area contributed by atoms with E-state index in [1.54, 1.807) is 18.2 Å². The van der Waals surface area contributed by atoms with Crippen LogP contribution in [0, 0.1) is 0 Å². The van der Waals surface area contributed by atoms with E-state index in [1.165, 1.54) is 0 Å². The quantitative estimate of drug-likeness (QED) is 0.190. The third-order valence-corrected chi connectivity index (χ3v) is 5.84. The van der Waals surface area contributed by atoms with Gasteiger partial charge in [-0.05, 0) is 56.2 Å². The Balaban J connectivity index is 1.51. The van der Waals surface area contributed by atoms with Crippen molar-refractivity contribution in [1.82, 2.24) is 5.32 Å². The Labute approximate surface area is 222 Å². The maximum absolute atomic E-state index is 13.1. The number of rotatable bonds is 9. The van der Waals surface area contributed by atoms with Crippen LogP contribution in [0.15, 0.2) is 72.8 Å². The molecular weight excluding hydrogens is 480 g/mol. The molecule has 0 fully saturated rings. The highest BCUT2D eigenvalue weighted by atomic mass is 16.6. The fourth-order valence-electron chi connectivity index (χ4n) is 4.12. The number of benzene rings is 3. The van der Waals surface area contributed by atoms with Crippen LogP contribution in [0.3, 0.4) is 0 Å². The maximum atomic E-state index is 13.1. The zero-order chi connectivity index (χ0) is 27.3. The lowest BCUT2D eigenvalue weighted by Crippen LogP contribution is -2.26.